The molecule has 1 aromatic heterocycles. The summed E-state index contributed by atoms with van der Waals surface area (Å²) in [7, 11) is -1.83. The van der Waals surface area contributed by atoms with Gasteiger partial charge in [0.25, 0.3) is 0 Å². The van der Waals surface area contributed by atoms with Gasteiger partial charge in [-0.3, -0.25) is 0 Å². The number of benzene rings is 2. The van der Waals surface area contributed by atoms with Gasteiger partial charge in [0, 0.05) is 36.7 Å². The van der Waals surface area contributed by atoms with Crippen LogP contribution in [0.15, 0.2) is 65.8 Å². The van der Waals surface area contributed by atoms with Crippen LogP contribution in [-0.4, -0.2) is 60.9 Å². The summed E-state index contributed by atoms with van der Waals surface area (Å²) >= 11 is 0. The zero-order valence-corrected chi connectivity index (χ0v) is 24.1. The number of ether oxygens (including phenoxy) is 2. The zero-order valence-electron chi connectivity index (χ0n) is 23.3. The fourth-order valence-electron chi connectivity index (χ4n) is 4.32. The number of aromatic nitrogens is 2. The Labute approximate surface area is 236 Å². The SMILES string of the molecule is COc1cccc(C=Cc2cnc(Nc3ccc(S(=O)(=O)CC4CCN(C(=O)OC(C)(C)C)CC4)cc3)nc2)c1. The van der Waals surface area contributed by atoms with Crippen molar-refractivity contribution in [1.29, 1.82) is 0 Å². The lowest BCUT2D eigenvalue weighted by Gasteiger charge is -2.33. The lowest BCUT2D eigenvalue weighted by Crippen LogP contribution is -2.42. The number of sulfone groups is 1. The van der Waals surface area contributed by atoms with Gasteiger partial charge in [-0.25, -0.2) is 23.2 Å². The average molecular weight is 565 g/mol. The molecule has 2 aromatic carbocycles. The number of carbonyl (C=O) groups excluding carboxylic acids is 1. The minimum absolute atomic E-state index is 0.00799. The molecule has 0 atom stereocenters. The van der Waals surface area contributed by atoms with Crippen molar-refractivity contribution in [3.63, 3.8) is 0 Å². The summed E-state index contributed by atoms with van der Waals surface area (Å²) in [6.45, 7) is 6.48. The Morgan fingerprint density at radius 3 is 2.30 bits per heavy atom. The molecule has 3 aromatic rings. The van der Waals surface area contributed by atoms with Crippen LogP contribution in [0.4, 0.5) is 16.4 Å². The van der Waals surface area contributed by atoms with Gasteiger partial charge in [0.15, 0.2) is 9.84 Å². The highest BCUT2D eigenvalue weighted by molar-refractivity contribution is 7.91. The van der Waals surface area contributed by atoms with Gasteiger partial charge in [0.05, 0.1) is 17.8 Å². The summed E-state index contributed by atoms with van der Waals surface area (Å²) in [4.78, 5) is 22.9. The quantitative estimate of drug-likeness (QED) is 0.364. The van der Waals surface area contributed by atoms with E-state index < -0.39 is 15.4 Å². The van der Waals surface area contributed by atoms with Gasteiger partial charge in [-0.1, -0.05) is 24.3 Å². The molecule has 1 aliphatic heterocycles. The van der Waals surface area contributed by atoms with Gasteiger partial charge in [-0.05, 0) is 81.5 Å². The summed E-state index contributed by atoms with van der Waals surface area (Å²) in [5, 5.41) is 3.10. The Balaban J connectivity index is 1.29. The largest absolute Gasteiger partial charge is 0.497 e. The number of nitrogens with zero attached hydrogens (tertiary/aromatic N) is 3. The number of rotatable bonds is 8. The van der Waals surface area contributed by atoms with Gasteiger partial charge in [0.1, 0.15) is 11.4 Å². The number of nitrogens with one attached hydrogen (secondary N) is 1. The van der Waals surface area contributed by atoms with E-state index >= 15 is 0 Å². The number of piperidine rings is 1. The van der Waals surface area contributed by atoms with E-state index in [2.05, 4.69) is 15.3 Å². The lowest BCUT2D eigenvalue weighted by atomic mass is 9.99. The van der Waals surface area contributed by atoms with E-state index in [4.69, 9.17) is 9.47 Å². The molecular weight excluding hydrogens is 528 g/mol. The molecule has 0 saturated carbocycles. The molecule has 0 aliphatic carbocycles. The topological polar surface area (TPSA) is 111 Å². The minimum Gasteiger partial charge on any atom is -0.497 e. The molecule has 1 N–H and O–H groups in total. The van der Waals surface area contributed by atoms with Crippen LogP contribution < -0.4 is 10.1 Å². The third-order valence-electron chi connectivity index (χ3n) is 6.42. The van der Waals surface area contributed by atoms with Crippen molar-refractivity contribution in [2.75, 3.05) is 31.3 Å². The van der Waals surface area contributed by atoms with Crippen LogP contribution in [-0.2, 0) is 14.6 Å². The lowest BCUT2D eigenvalue weighted by molar-refractivity contribution is 0.0191. The van der Waals surface area contributed by atoms with Crippen molar-refractivity contribution in [1.82, 2.24) is 14.9 Å². The van der Waals surface area contributed by atoms with Crippen LogP contribution in [0.25, 0.3) is 12.2 Å². The Morgan fingerprint density at radius 2 is 1.68 bits per heavy atom. The third kappa shape index (κ3) is 8.29. The number of hydrogen-bond acceptors (Lipinski definition) is 8. The second-order valence-corrected chi connectivity index (χ2v) is 12.8. The van der Waals surface area contributed by atoms with Crippen molar-refractivity contribution < 1.29 is 22.7 Å². The van der Waals surface area contributed by atoms with Crippen molar-refractivity contribution >= 4 is 39.7 Å². The van der Waals surface area contributed by atoms with Crippen molar-refractivity contribution in [2.24, 2.45) is 5.92 Å². The summed E-state index contributed by atoms with van der Waals surface area (Å²) in [6.07, 6.45) is 8.19. The predicted octanol–water partition coefficient (Wildman–Crippen LogP) is 5.82. The standard InChI is InChI=1S/C30H36N4O5S/c1-30(2,3)39-29(35)34-16-14-23(15-17-34)21-40(36,37)27-12-10-25(11-13-27)33-28-31-19-24(20-32-28)9-8-22-6-5-7-26(18-22)38-4/h5-13,18-20,23H,14-17,21H2,1-4H3,(H,31,32,33). The van der Waals surface area contributed by atoms with E-state index in [1.165, 1.54) is 0 Å². The van der Waals surface area contributed by atoms with Crippen LogP contribution in [0.1, 0.15) is 44.7 Å². The summed E-state index contributed by atoms with van der Waals surface area (Å²) < 4.78 is 36.8. The first-order valence-electron chi connectivity index (χ1n) is 13.2. The van der Waals surface area contributed by atoms with Gasteiger partial charge in [0.2, 0.25) is 5.95 Å². The molecule has 1 amide bonds. The van der Waals surface area contributed by atoms with Crippen LogP contribution in [0.5, 0.6) is 5.75 Å². The molecule has 2 heterocycles. The minimum atomic E-state index is -3.46. The molecule has 4 rings (SSSR count). The molecule has 0 spiro atoms. The third-order valence-corrected chi connectivity index (χ3v) is 8.33. The van der Waals surface area contributed by atoms with E-state index in [9.17, 15) is 13.2 Å². The Hall–Kier alpha value is -3.92. The summed E-state index contributed by atoms with van der Waals surface area (Å²) in [6, 6.07) is 14.3. The van der Waals surface area contributed by atoms with E-state index in [0.29, 0.717) is 37.6 Å². The maximum absolute atomic E-state index is 13.0. The maximum Gasteiger partial charge on any atom is 0.410 e. The van der Waals surface area contributed by atoms with E-state index in [-0.39, 0.29) is 22.7 Å². The van der Waals surface area contributed by atoms with E-state index in [1.54, 1.807) is 48.7 Å². The van der Waals surface area contributed by atoms with Gasteiger partial charge < -0.3 is 19.7 Å². The molecular formula is C30H36N4O5S. The second-order valence-electron chi connectivity index (χ2n) is 10.8. The molecule has 0 unspecified atom stereocenters. The molecule has 9 nitrogen and oxygen atoms in total. The van der Waals surface area contributed by atoms with Crippen molar-refractivity contribution in [3.8, 4) is 5.75 Å². The maximum atomic E-state index is 13.0. The monoisotopic (exact) mass is 564 g/mol. The Kier molecular flexibility index (Phi) is 9.09. The molecule has 1 aliphatic rings. The smallest absolute Gasteiger partial charge is 0.410 e. The van der Waals surface area contributed by atoms with Crippen LogP contribution in [0.3, 0.4) is 0 Å². The molecule has 1 saturated heterocycles. The van der Waals surface area contributed by atoms with Crippen LogP contribution >= 0.6 is 0 Å². The number of amides is 1. The first kappa shape index (κ1) is 29.1. The second kappa shape index (κ2) is 12.5. The first-order chi connectivity index (χ1) is 19.0. The van der Waals surface area contributed by atoms with E-state index in [1.807, 2.05) is 57.2 Å². The van der Waals surface area contributed by atoms with Gasteiger partial charge in [-0.2, -0.15) is 0 Å². The fraction of sp³-hybridized carbons (Fsp3) is 0.367. The average Bonchev–Trinajstić information content (AvgIpc) is 2.92. The number of methoxy groups -OCH3 is 1. The highest BCUT2D eigenvalue weighted by Crippen LogP contribution is 2.25. The van der Waals surface area contributed by atoms with Gasteiger partial charge >= 0.3 is 6.09 Å². The highest BCUT2D eigenvalue weighted by Gasteiger charge is 2.29. The zero-order chi connectivity index (χ0) is 28.8. The number of anilines is 2. The first-order valence-corrected chi connectivity index (χ1v) is 14.9. The Morgan fingerprint density at radius 1 is 1.02 bits per heavy atom. The van der Waals surface area contributed by atoms with Crippen LogP contribution in [0, 0.1) is 5.92 Å². The number of likely N-dealkylation sites (tertiary alicyclic amines) is 1. The predicted molar refractivity (Wildman–Crippen MR) is 156 cm³/mol. The van der Waals surface area contributed by atoms with Crippen molar-refractivity contribution in [2.45, 2.75) is 44.1 Å². The molecule has 0 bridgehead atoms. The number of carbonyl (C=O) groups is 1. The summed E-state index contributed by atoms with van der Waals surface area (Å²) in [5.74, 6) is 1.24. The molecule has 212 valence electrons. The van der Waals surface area contributed by atoms with E-state index in [0.717, 1.165) is 16.9 Å². The molecule has 40 heavy (non-hydrogen) atoms. The molecule has 1 fully saturated rings. The highest BCUT2D eigenvalue weighted by atomic mass is 32.2. The van der Waals surface area contributed by atoms with Gasteiger partial charge in [-0.15, -0.1) is 0 Å². The summed E-state index contributed by atoms with van der Waals surface area (Å²) in [5.41, 5.74) is 1.97. The molecule has 0 radical (unpaired) electrons. The number of hydrogen-bond donors (Lipinski definition) is 1. The molecule has 10 heteroatoms. The van der Waals surface area contributed by atoms with Crippen molar-refractivity contribution in [3.05, 3.63) is 72.1 Å². The normalized spacial score (nSPS) is 14.8. The Bertz CT molecular complexity index is 1420. The fourth-order valence-corrected chi connectivity index (χ4v) is 6.01. The van der Waals surface area contributed by atoms with Crippen LogP contribution in [0.2, 0.25) is 0 Å².